The van der Waals surface area contributed by atoms with E-state index < -0.39 is 13.8 Å². The molecule has 5 aromatic rings. The van der Waals surface area contributed by atoms with Crippen LogP contribution in [-0.2, 0) is 4.79 Å². The van der Waals surface area contributed by atoms with Crippen molar-refractivity contribution in [2.24, 2.45) is 0 Å². The summed E-state index contributed by atoms with van der Waals surface area (Å²) >= 11 is 0. The van der Waals surface area contributed by atoms with Gasteiger partial charge in [-0.05, 0) is 51.4 Å². The first-order chi connectivity index (χ1) is 20.3. The van der Waals surface area contributed by atoms with Crippen LogP contribution in [0.25, 0.3) is 0 Å². The van der Waals surface area contributed by atoms with E-state index in [-0.39, 0.29) is 5.66 Å². The summed E-state index contributed by atoms with van der Waals surface area (Å²) in [6.07, 6.45) is 10.1. The molecule has 0 N–H and O–H groups in total. The van der Waals surface area contributed by atoms with Gasteiger partial charge >= 0.3 is 0 Å². The van der Waals surface area contributed by atoms with Gasteiger partial charge in [0.1, 0.15) is 6.29 Å². The molecule has 6 rings (SSSR count). The van der Waals surface area contributed by atoms with Gasteiger partial charge in [0, 0.05) is 5.66 Å². The standard InChI is InChI=1S/C38H32OP2/c39-30-31-40(32-18-6-1-7-19-32,33-20-8-2-9-21-33)37-28-16-17-29-38(37)41(34-22-10-3-11-23-34,35-24-12-4-13-25-35)36-26-14-5-15-27-36/h1-31,37H. The smallest absolute Gasteiger partial charge is 0.143 e. The average Bonchev–Trinajstić information content (AvgIpc) is 3.07. The van der Waals surface area contributed by atoms with Gasteiger partial charge in [-0.3, -0.25) is 4.79 Å². The Bertz CT molecular complexity index is 1640. The average molecular weight is 567 g/mol. The maximum Gasteiger partial charge on any atom is 0.143 e. The molecule has 0 aromatic heterocycles. The molecule has 5 aromatic carbocycles. The first kappa shape index (κ1) is 27.0. The number of allylic oxidation sites excluding steroid dienone is 4. The van der Waals surface area contributed by atoms with Crippen molar-refractivity contribution in [1.29, 1.82) is 0 Å². The summed E-state index contributed by atoms with van der Waals surface area (Å²) in [6, 6.07) is 54.3. The van der Waals surface area contributed by atoms with E-state index >= 15 is 0 Å². The largest absolute Gasteiger partial charge is 0.299 e. The van der Waals surface area contributed by atoms with Crippen LogP contribution in [0.5, 0.6) is 0 Å². The van der Waals surface area contributed by atoms with Crippen molar-refractivity contribution in [3.8, 4) is 0 Å². The van der Waals surface area contributed by atoms with E-state index in [2.05, 4.69) is 176 Å². The van der Waals surface area contributed by atoms with Crippen LogP contribution in [0.4, 0.5) is 0 Å². The summed E-state index contributed by atoms with van der Waals surface area (Å²) in [6.45, 7) is -4.81. The normalized spacial score (nSPS) is 14.9. The van der Waals surface area contributed by atoms with Crippen LogP contribution < -0.4 is 26.5 Å². The highest BCUT2D eigenvalue weighted by atomic mass is 31.2. The van der Waals surface area contributed by atoms with E-state index in [1.807, 2.05) is 5.80 Å². The second kappa shape index (κ2) is 12.2. The van der Waals surface area contributed by atoms with Crippen LogP contribution in [0, 0.1) is 0 Å². The quantitative estimate of drug-likeness (QED) is 0.167. The number of hydrogen-bond donors (Lipinski definition) is 0. The fourth-order valence-electron chi connectivity index (χ4n) is 6.21. The predicted octanol–water partition coefficient (Wildman–Crippen LogP) is 6.32. The second-order valence-electron chi connectivity index (χ2n) is 10.0. The zero-order valence-corrected chi connectivity index (χ0v) is 24.6. The van der Waals surface area contributed by atoms with Gasteiger partial charge < -0.3 is 0 Å². The van der Waals surface area contributed by atoms with Crippen molar-refractivity contribution in [2.75, 3.05) is 0 Å². The molecule has 41 heavy (non-hydrogen) atoms. The summed E-state index contributed by atoms with van der Waals surface area (Å²) in [5.41, 5.74) is -0.0172. The zero-order chi connectivity index (χ0) is 28.0. The lowest BCUT2D eigenvalue weighted by Gasteiger charge is -2.41. The van der Waals surface area contributed by atoms with Crippen molar-refractivity contribution in [2.45, 2.75) is 5.66 Å². The monoisotopic (exact) mass is 566 g/mol. The molecule has 200 valence electrons. The molecule has 0 spiro atoms. The molecule has 0 radical (unpaired) electrons. The molecule has 0 amide bonds. The number of benzene rings is 5. The van der Waals surface area contributed by atoms with Gasteiger partial charge in [0.2, 0.25) is 0 Å². The Labute approximate surface area is 243 Å². The van der Waals surface area contributed by atoms with Crippen molar-refractivity contribution in [1.82, 2.24) is 0 Å². The van der Waals surface area contributed by atoms with E-state index in [1.165, 1.54) is 31.8 Å². The minimum Gasteiger partial charge on any atom is -0.299 e. The summed E-state index contributed by atoms with van der Waals surface area (Å²) in [7, 11) is 0. The van der Waals surface area contributed by atoms with Gasteiger partial charge in [-0.25, -0.2) is 0 Å². The first-order valence-corrected chi connectivity index (χ1v) is 17.6. The Hall–Kier alpha value is -4.15. The molecule has 1 unspecified atom stereocenters. The second-order valence-corrected chi connectivity index (χ2v) is 16.9. The topological polar surface area (TPSA) is 17.1 Å². The van der Waals surface area contributed by atoms with Crippen molar-refractivity contribution >= 4 is 57.7 Å². The Morgan fingerprint density at radius 2 is 0.829 bits per heavy atom. The van der Waals surface area contributed by atoms with Crippen LogP contribution in [0.15, 0.2) is 176 Å². The van der Waals surface area contributed by atoms with Crippen molar-refractivity contribution in [3.63, 3.8) is 0 Å². The van der Waals surface area contributed by atoms with Crippen LogP contribution >= 0.6 is 13.8 Å². The maximum atomic E-state index is 12.7. The zero-order valence-electron chi connectivity index (χ0n) is 22.8. The lowest BCUT2D eigenvalue weighted by molar-refractivity contribution is -0.102. The third kappa shape index (κ3) is 4.76. The molecule has 0 saturated carbocycles. The highest BCUT2D eigenvalue weighted by molar-refractivity contribution is 7.98. The first-order valence-electron chi connectivity index (χ1n) is 13.9. The Morgan fingerprint density at radius 3 is 1.20 bits per heavy atom. The van der Waals surface area contributed by atoms with E-state index in [0.717, 1.165) is 6.29 Å². The van der Waals surface area contributed by atoms with E-state index in [4.69, 9.17) is 0 Å². The lowest BCUT2D eigenvalue weighted by Crippen LogP contribution is -2.38. The van der Waals surface area contributed by atoms with Crippen molar-refractivity contribution < 1.29 is 4.79 Å². The highest BCUT2D eigenvalue weighted by Crippen LogP contribution is 2.57. The minimum atomic E-state index is -2.43. The van der Waals surface area contributed by atoms with Crippen LogP contribution in [0.2, 0.25) is 0 Å². The molecule has 0 bridgehead atoms. The van der Waals surface area contributed by atoms with Gasteiger partial charge in [-0.1, -0.05) is 176 Å². The molecular weight excluding hydrogens is 534 g/mol. The molecule has 3 heteroatoms. The van der Waals surface area contributed by atoms with E-state index in [9.17, 15) is 4.79 Å². The minimum absolute atomic E-state index is 0.0172. The molecule has 0 saturated heterocycles. The van der Waals surface area contributed by atoms with Gasteiger partial charge in [-0.15, -0.1) is 0 Å². The number of carbonyl (C=O) groups is 1. The van der Waals surface area contributed by atoms with Crippen LogP contribution in [-0.4, -0.2) is 23.0 Å². The Kier molecular flexibility index (Phi) is 8.02. The third-order valence-corrected chi connectivity index (χ3v) is 16.7. The summed E-state index contributed by atoms with van der Waals surface area (Å²) in [5.74, 6) is 1.99. The molecule has 1 atom stereocenters. The number of aldehydes is 1. The summed E-state index contributed by atoms with van der Waals surface area (Å²) < 4.78 is 0. The fourth-order valence-corrected chi connectivity index (χ4v) is 15.6. The molecule has 0 fully saturated rings. The number of carbonyl (C=O) groups excluding carboxylic acids is 1. The Morgan fingerprint density at radius 1 is 0.463 bits per heavy atom. The predicted molar refractivity (Wildman–Crippen MR) is 183 cm³/mol. The van der Waals surface area contributed by atoms with Gasteiger partial charge in [0.05, 0.1) is 0 Å². The van der Waals surface area contributed by atoms with Crippen LogP contribution in [0.3, 0.4) is 0 Å². The molecule has 0 aliphatic heterocycles. The van der Waals surface area contributed by atoms with Crippen molar-refractivity contribution in [3.05, 3.63) is 176 Å². The third-order valence-electron chi connectivity index (χ3n) is 7.89. The summed E-state index contributed by atoms with van der Waals surface area (Å²) in [4.78, 5) is 12.7. The fraction of sp³-hybridized carbons (Fsp3) is 0.0263. The molecule has 1 aliphatic rings. The number of rotatable bonds is 7. The Balaban J connectivity index is 1.86. The van der Waals surface area contributed by atoms with Gasteiger partial charge in [0.25, 0.3) is 0 Å². The highest BCUT2D eigenvalue weighted by Gasteiger charge is 2.39. The maximum absolute atomic E-state index is 12.7. The molecule has 0 heterocycles. The van der Waals surface area contributed by atoms with E-state index in [1.54, 1.807) is 0 Å². The molecule has 1 nitrogen and oxygen atoms in total. The lowest BCUT2D eigenvalue weighted by atomic mass is 10.2. The molecular formula is C38H32OP2. The van der Waals surface area contributed by atoms with Gasteiger partial charge in [-0.2, -0.15) is 0 Å². The summed E-state index contributed by atoms with van der Waals surface area (Å²) in [5, 5.41) is 7.69. The molecule has 1 aliphatic carbocycles. The SMILES string of the molecule is O=CC=P(c1ccccc1)(c1ccccc1)C1C=CC=CC1=P(c1ccccc1)(c1ccccc1)c1ccccc1. The number of hydrogen-bond acceptors (Lipinski definition) is 1. The van der Waals surface area contributed by atoms with E-state index in [0.29, 0.717) is 0 Å². The van der Waals surface area contributed by atoms with Gasteiger partial charge in [0.15, 0.2) is 0 Å². The van der Waals surface area contributed by atoms with Crippen LogP contribution in [0.1, 0.15) is 0 Å².